The standard InChI is InChI=1S/C21H18F2N4O2/c1-14(3-2-8-29-19-5-4-18(12-24)25-13-19)21(28)27-20(6-7-26-27)15-9-16(22)11-17(23)10-15/h4-5,7,9-11,13,20H,1-3,6,8H2. The molecule has 0 saturated heterocycles. The van der Waals surface area contributed by atoms with Gasteiger partial charge in [-0.1, -0.05) is 6.58 Å². The summed E-state index contributed by atoms with van der Waals surface area (Å²) in [5, 5.41) is 14.0. The number of rotatable bonds is 7. The predicted molar refractivity (Wildman–Crippen MR) is 102 cm³/mol. The van der Waals surface area contributed by atoms with E-state index in [1.165, 1.54) is 23.3 Å². The molecule has 0 N–H and O–H groups in total. The lowest BCUT2D eigenvalue weighted by Crippen LogP contribution is -2.28. The van der Waals surface area contributed by atoms with E-state index in [1.54, 1.807) is 18.3 Å². The van der Waals surface area contributed by atoms with Crippen molar-refractivity contribution in [3.05, 3.63) is 71.6 Å². The highest BCUT2D eigenvalue weighted by molar-refractivity contribution is 5.94. The molecule has 0 bridgehead atoms. The van der Waals surface area contributed by atoms with Gasteiger partial charge in [0.05, 0.1) is 18.8 Å². The van der Waals surface area contributed by atoms with Crippen molar-refractivity contribution in [2.45, 2.75) is 25.3 Å². The van der Waals surface area contributed by atoms with Crippen LogP contribution in [0.5, 0.6) is 5.75 Å². The molecule has 1 aromatic carbocycles. The summed E-state index contributed by atoms with van der Waals surface area (Å²) in [4.78, 5) is 16.6. The molecular weight excluding hydrogens is 378 g/mol. The molecule has 1 aliphatic heterocycles. The first-order valence-electron chi connectivity index (χ1n) is 8.96. The molecule has 6 nitrogen and oxygen atoms in total. The third-order valence-electron chi connectivity index (χ3n) is 4.35. The Bertz CT molecular complexity index is 963. The summed E-state index contributed by atoms with van der Waals surface area (Å²) in [7, 11) is 0. The largest absolute Gasteiger partial charge is 0.492 e. The Morgan fingerprint density at radius 1 is 1.31 bits per heavy atom. The van der Waals surface area contributed by atoms with Gasteiger partial charge in [0.25, 0.3) is 5.91 Å². The Morgan fingerprint density at radius 3 is 2.72 bits per heavy atom. The van der Waals surface area contributed by atoms with Crippen LogP contribution in [0.3, 0.4) is 0 Å². The fourth-order valence-electron chi connectivity index (χ4n) is 2.93. The maximum absolute atomic E-state index is 13.5. The number of hydrogen-bond donors (Lipinski definition) is 0. The number of ether oxygens (including phenoxy) is 1. The summed E-state index contributed by atoms with van der Waals surface area (Å²) >= 11 is 0. The first-order chi connectivity index (χ1) is 14.0. The van der Waals surface area contributed by atoms with Gasteiger partial charge in [0.2, 0.25) is 0 Å². The average molecular weight is 396 g/mol. The zero-order chi connectivity index (χ0) is 20.8. The zero-order valence-electron chi connectivity index (χ0n) is 15.5. The van der Waals surface area contributed by atoms with Crippen molar-refractivity contribution in [2.24, 2.45) is 5.10 Å². The third kappa shape index (κ3) is 5.02. The van der Waals surface area contributed by atoms with E-state index in [0.717, 1.165) is 6.07 Å². The number of hydrazone groups is 1. The third-order valence-corrected chi connectivity index (χ3v) is 4.35. The first-order valence-corrected chi connectivity index (χ1v) is 8.96. The number of amides is 1. The van der Waals surface area contributed by atoms with Crippen LogP contribution in [-0.2, 0) is 4.79 Å². The van der Waals surface area contributed by atoms with Crippen LogP contribution in [0.25, 0.3) is 0 Å². The van der Waals surface area contributed by atoms with Gasteiger partial charge in [0.15, 0.2) is 0 Å². The van der Waals surface area contributed by atoms with Crippen LogP contribution in [-0.4, -0.2) is 28.7 Å². The number of carbonyl (C=O) groups is 1. The maximum atomic E-state index is 13.5. The Hall–Kier alpha value is -3.60. The minimum Gasteiger partial charge on any atom is -0.492 e. The summed E-state index contributed by atoms with van der Waals surface area (Å²) in [6, 6.07) is 7.74. The Balaban J connectivity index is 1.52. The molecule has 1 aliphatic rings. The Morgan fingerprint density at radius 2 is 2.07 bits per heavy atom. The van der Waals surface area contributed by atoms with Crippen LogP contribution in [0.2, 0.25) is 0 Å². The summed E-state index contributed by atoms with van der Waals surface area (Å²) in [6.07, 6.45) is 4.27. The van der Waals surface area contributed by atoms with Crippen LogP contribution >= 0.6 is 0 Å². The highest BCUT2D eigenvalue weighted by atomic mass is 19.1. The van der Waals surface area contributed by atoms with Crippen molar-refractivity contribution in [2.75, 3.05) is 6.61 Å². The highest BCUT2D eigenvalue weighted by Gasteiger charge is 2.30. The number of benzene rings is 1. The molecule has 0 saturated carbocycles. The zero-order valence-corrected chi connectivity index (χ0v) is 15.5. The Labute approximate surface area is 166 Å². The van der Waals surface area contributed by atoms with Crippen molar-refractivity contribution >= 4 is 12.1 Å². The van der Waals surface area contributed by atoms with Gasteiger partial charge < -0.3 is 4.74 Å². The van der Waals surface area contributed by atoms with E-state index in [-0.39, 0.29) is 0 Å². The first kappa shape index (κ1) is 20.1. The van der Waals surface area contributed by atoms with Crippen molar-refractivity contribution in [1.29, 1.82) is 5.26 Å². The number of aromatic nitrogens is 1. The molecule has 0 fully saturated rings. The molecule has 2 heterocycles. The Kier molecular flexibility index (Phi) is 6.29. The minimum atomic E-state index is -0.701. The van der Waals surface area contributed by atoms with Crippen LogP contribution in [0.1, 0.15) is 36.6 Å². The lowest BCUT2D eigenvalue weighted by atomic mass is 10.0. The van der Waals surface area contributed by atoms with Gasteiger partial charge in [-0.3, -0.25) is 4.79 Å². The smallest absolute Gasteiger partial charge is 0.269 e. The fraction of sp³-hybridized carbons (Fsp3) is 0.238. The number of nitriles is 1. The second-order valence-electron chi connectivity index (χ2n) is 6.45. The molecule has 0 radical (unpaired) electrons. The van der Waals surface area contributed by atoms with Crippen molar-refractivity contribution in [3.8, 4) is 11.8 Å². The van der Waals surface area contributed by atoms with Gasteiger partial charge in [0.1, 0.15) is 29.1 Å². The quantitative estimate of drug-likeness (QED) is 0.525. The number of pyridine rings is 1. The SMILES string of the molecule is C=C(CCCOc1ccc(C#N)nc1)C(=O)N1N=CCC1c1cc(F)cc(F)c1. The van der Waals surface area contributed by atoms with Crippen molar-refractivity contribution in [1.82, 2.24) is 9.99 Å². The average Bonchev–Trinajstić information content (AvgIpc) is 3.20. The van der Waals surface area contributed by atoms with Gasteiger partial charge in [-0.2, -0.15) is 10.4 Å². The summed E-state index contributed by atoms with van der Waals surface area (Å²) in [5.41, 5.74) is 0.973. The molecule has 1 aromatic heterocycles. The van der Waals surface area contributed by atoms with E-state index in [1.807, 2.05) is 6.07 Å². The van der Waals surface area contributed by atoms with E-state index in [9.17, 15) is 13.6 Å². The molecular formula is C21H18F2N4O2. The summed E-state index contributed by atoms with van der Waals surface area (Å²) in [6.45, 7) is 4.15. The lowest BCUT2D eigenvalue weighted by molar-refractivity contribution is -0.129. The molecule has 148 valence electrons. The van der Waals surface area contributed by atoms with Gasteiger partial charge in [-0.15, -0.1) is 0 Å². The molecule has 29 heavy (non-hydrogen) atoms. The van der Waals surface area contributed by atoms with Crippen LogP contribution in [0, 0.1) is 23.0 Å². The number of halogens is 2. The van der Waals surface area contributed by atoms with Crippen LogP contribution in [0.15, 0.2) is 53.8 Å². The molecule has 1 unspecified atom stereocenters. The second kappa shape index (κ2) is 9.06. The fourth-order valence-corrected chi connectivity index (χ4v) is 2.93. The summed E-state index contributed by atoms with van der Waals surface area (Å²) in [5.74, 6) is -1.27. The molecule has 1 atom stereocenters. The van der Waals surface area contributed by atoms with Gasteiger partial charge in [-0.25, -0.2) is 18.8 Å². The van der Waals surface area contributed by atoms with E-state index >= 15 is 0 Å². The molecule has 2 aromatic rings. The van der Waals surface area contributed by atoms with E-state index in [4.69, 9.17) is 10.00 Å². The molecule has 8 heteroatoms. The predicted octanol–water partition coefficient (Wildman–Crippen LogP) is 3.91. The lowest BCUT2D eigenvalue weighted by Gasteiger charge is -2.23. The van der Waals surface area contributed by atoms with E-state index in [2.05, 4.69) is 16.7 Å². The van der Waals surface area contributed by atoms with E-state index in [0.29, 0.717) is 48.4 Å². The topological polar surface area (TPSA) is 78.6 Å². The maximum Gasteiger partial charge on any atom is 0.269 e. The molecule has 3 rings (SSSR count). The molecule has 1 amide bonds. The molecule has 0 spiro atoms. The monoisotopic (exact) mass is 396 g/mol. The van der Waals surface area contributed by atoms with Gasteiger partial charge in [0, 0.05) is 24.3 Å². The van der Waals surface area contributed by atoms with Gasteiger partial charge in [-0.05, 0) is 42.7 Å². The van der Waals surface area contributed by atoms with E-state index < -0.39 is 23.6 Å². The molecule has 0 aliphatic carbocycles. The van der Waals surface area contributed by atoms with Crippen LogP contribution < -0.4 is 4.74 Å². The number of carbonyl (C=O) groups excluding carboxylic acids is 1. The normalized spacial score (nSPS) is 15.2. The van der Waals surface area contributed by atoms with Crippen molar-refractivity contribution < 1.29 is 18.3 Å². The second-order valence-corrected chi connectivity index (χ2v) is 6.45. The summed E-state index contributed by atoms with van der Waals surface area (Å²) < 4.78 is 32.6. The highest BCUT2D eigenvalue weighted by Crippen LogP contribution is 2.30. The van der Waals surface area contributed by atoms with Gasteiger partial charge >= 0.3 is 0 Å². The van der Waals surface area contributed by atoms with Crippen LogP contribution in [0.4, 0.5) is 8.78 Å². The number of hydrogen-bond acceptors (Lipinski definition) is 5. The van der Waals surface area contributed by atoms with Crippen molar-refractivity contribution in [3.63, 3.8) is 0 Å². The minimum absolute atomic E-state index is 0.301. The number of nitrogens with zero attached hydrogens (tertiary/aromatic N) is 4.